The van der Waals surface area contributed by atoms with Crippen molar-refractivity contribution in [2.45, 2.75) is 32.9 Å². The Morgan fingerprint density at radius 1 is 1.23 bits per heavy atom. The second-order valence-corrected chi connectivity index (χ2v) is 8.32. The minimum Gasteiger partial charge on any atom is -0.350 e. The second kappa shape index (κ2) is 8.69. The Hall–Kier alpha value is -3.52. The number of fused-ring (bicyclic) bond motifs is 1. The van der Waals surface area contributed by atoms with E-state index < -0.39 is 0 Å². The molecule has 1 aromatic carbocycles. The van der Waals surface area contributed by atoms with Crippen molar-refractivity contribution in [3.05, 3.63) is 86.1 Å². The van der Waals surface area contributed by atoms with Gasteiger partial charge in [0.2, 0.25) is 11.5 Å². The third kappa shape index (κ3) is 4.49. The van der Waals surface area contributed by atoms with Crippen LogP contribution >= 0.6 is 11.3 Å². The van der Waals surface area contributed by atoms with Gasteiger partial charge in [0.1, 0.15) is 4.83 Å². The fourth-order valence-electron chi connectivity index (χ4n) is 3.42. The van der Waals surface area contributed by atoms with Gasteiger partial charge >= 0.3 is 0 Å². The number of rotatable bonds is 6. The number of amides is 1. The Kier molecular flexibility index (Phi) is 5.81. The van der Waals surface area contributed by atoms with Crippen molar-refractivity contribution in [3.63, 3.8) is 0 Å². The Morgan fingerprint density at radius 2 is 2.00 bits per heavy atom. The van der Waals surface area contributed by atoms with Crippen molar-refractivity contribution < 1.29 is 4.79 Å². The van der Waals surface area contributed by atoms with E-state index in [4.69, 9.17) is 0 Å². The smallest absolute Gasteiger partial charge is 0.262 e. The molecule has 3 aromatic heterocycles. The van der Waals surface area contributed by atoms with E-state index in [2.05, 4.69) is 15.3 Å². The number of aromatic nitrogens is 3. The summed E-state index contributed by atoms with van der Waals surface area (Å²) >= 11 is 1.44. The van der Waals surface area contributed by atoms with E-state index in [9.17, 15) is 14.4 Å². The normalized spacial score (nSPS) is 12.1. The van der Waals surface area contributed by atoms with E-state index in [0.717, 1.165) is 22.3 Å². The lowest BCUT2D eigenvalue weighted by Gasteiger charge is -2.14. The topological polar surface area (TPSA) is 96.8 Å². The largest absolute Gasteiger partial charge is 0.350 e. The lowest BCUT2D eigenvalue weighted by Crippen LogP contribution is -2.30. The minimum atomic E-state index is -0.308. The van der Waals surface area contributed by atoms with Crippen molar-refractivity contribution >= 4 is 27.5 Å². The zero-order valence-electron chi connectivity index (χ0n) is 17.2. The molecule has 0 aliphatic rings. The number of hydrogen-bond donors (Lipinski definition) is 2. The molecule has 3 heterocycles. The number of nitrogens with one attached hydrogen (secondary N) is 2. The van der Waals surface area contributed by atoms with E-state index >= 15 is 0 Å². The molecule has 4 rings (SSSR count). The first-order chi connectivity index (χ1) is 14.9. The number of pyridine rings is 1. The van der Waals surface area contributed by atoms with Crippen molar-refractivity contribution in [1.29, 1.82) is 0 Å². The van der Waals surface area contributed by atoms with Gasteiger partial charge in [-0.1, -0.05) is 29.8 Å². The van der Waals surface area contributed by atoms with Crippen LogP contribution in [-0.4, -0.2) is 20.4 Å². The molecule has 4 aromatic rings. The van der Waals surface area contributed by atoms with Crippen molar-refractivity contribution in [2.75, 3.05) is 0 Å². The van der Waals surface area contributed by atoms with Gasteiger partial charge in [0.05, 0.1) is 17.8 Å². The molecule has 2 N–H and O–H groups in total. The highest BCUT2D eigenvalue weighted by molar-refractivity contribution is 7.17. The lowest BCUT2D eigenvalue weighted by molar-refractivity contribution is -0.121. The molecule has 7 nitrogen and oxygen atoms in total. The highest BCUT2D eigenvalue weighted by atomic mass is 32.1. The fraction of sp³-hybridized carbons (Fsp3) is 0.217. The zero-order valence-corrected chi connectivity index (χ0v) is 18.0. The highest BCUT2D eigenvalue weighted by Gasteiger charge is 2.15. The number of nitrogens with zero attached hydrogens (tertiary/aromatic N) is 2. The summed E-state index contributed by atoms with van der Waals surface area (Å²) in [5.74, 6) is -0.205. The molecule has 1 amide bonds. The third-order valence-electron chi connectivity index (χ3n) is 5.18. The molecular weight excluding hydrogens is 412 g/mol. The van der Waals surface area contributed by atoms with Gasteiger partial charge in [0, 0.05) is 36.2 Å². The molecule has 1 atom stereocenters. The summed E-state index contributed by atoms with van der Waals surface area (Å²) in [6.45, 7) is 4.05. The molecule has 0 aliphatic carbocycles. The molecule has 1 unspecified atom stereocenters. The molecule has 0 aliphatic heterocycles. The third-order valence-corrected chi connectivity index (χ3v) is 6.07. The van der Waals surface area contributed by atoms with E-state index in [1.807, 2.05) is 43.5 Å². The first kappa shape index (κ1) is 20.7. The molecule has 0 bridgehead atoms. The van der Waals surface area contributed by atoms with Crippen LogP contribution in [0, 0.1) is 6.92 Å². The van der Waals surface area contributed by atoms with Gasteiger partial charge in [0.25, 0.3) is 5.56 Å². The predicted octanol–water partition coefficient (Wildman–Crippen LogP) is 3.39. The molecule has 0 saturated carbocycles. The Bertz CT molecular complexity index is 1350. The van der Waals surface area contributed by atoms with E-state index in [0.29, 0.717) is 10.2 Å². The summed E-state index contributed by atoms with van der Waals surface area (Å²) in [4.78, 5) is 44.6. The SMILES string of the molecule is Cc1ccc(-c2csc3ncn(CCC(=O)NC(C)c4cc[nH]c(=O)c4)c(=O)c23)cc1. The van der Waals surface area contributed by atoms with E-state index in [-0.39, 0.29) is 36.0 Å². The molecule has 0 fully saturated rings. The van der Waals surface area contributed by atoms with Crippen molar-refractivity contribution in [1.82, 2.24) is 19.9 Å². The van der Waals surface area contributed by atoms with Crippen molar-refractivity contribution in [3.8, 4) is 11.1 Å². The number of H-pyrrole nitrogens is 1. The number of aromatic amines is 1. The number of carbonyl (C=O) groups is 1. The first-order valence-electron chi connectivity index (χ1n) is 9.94. The molecule has 0 radical (unpaired) electrons. The molecule has 8 heteroatoms. The summed E-state index contributed by atoms with van der Waals surface area (Å²) in [6.07, 6.45) is 3.17. The Balaban J connectivity index is 1.51. The minimum absolute atomic E-state index is 0.130. The van der Waals surface area contributed by atoms with Crippen LogP contribution in [0.5, 0.6) is 0 Å². The van der Waals surface area contributed by atoms with Gasteiger partial charge in [-0.2, -0.15) is 0 Å². The van der Waals surface area contributed by atoms with Crippen LogP contribution in [0.15, 0.2) is 63.9 Å². The van der Waals surface area contributed by atoms with Gasteiger partial charge in [-0.25, -0.2) is 4.98 Å². The molecule has 31 heavy (non-hydrogen) atoms. The van der Waals surface area contributed by atoms with Crippen LogP contribution < -0.4 is 16.4 Å². The van der Waals surface area contributed by atoms with Crippen LogP contribution in [0.25, 0.3) is 21.3 Å². The number of benzene rings is 1. The van der Waals surface area contributed by atoms with Gasteiger partial charge in [-0.3, -0.25) is 19.0 Å². The summed E-state index contributed by atoms with van der Waals surface area (Å²) in [5.41, 5.74) is 3.33. The first-order valence-corrected chi connectivity index (χ1v) is 10.8. The average molecular weight is 435 g/mol. The highest BCUT2D eigenvalue weighted by Crippen LogP contribution is 2.30. The maximum absolute atomic E-state index is 13.1. The van der Waals surface area contributed by atoms with E-state index in [1.165, 1.54) is 28.3 Å². The summed E-state index contributed by atoms with van der Waals surface area (Å²) in [7, 11) is 0. The predicted molar refractivity (Wildman–Crippen MR) is 122 cm³/mol. The van der Waals surface area contributed by atoms with Crippen LogP contribution in [0.1, 0.15) is 30.5 Å². The molecule has 0 spiro atoms. The lowest BCUT2D eigenvalue weighted by atomic mass is 10.1. The van der Waals surface area contributed by atoms with Gasteiger partial charge in [-0.15, -0.1) is 11.3 Å². The number of aryl methyl sites for hydroxylation is 2. The monoisotopic (exact) mass is 434 g/mol. The van der Waals surface area contributed by atoms with Gasteiger partial charge in [-0.05, 0) is 31.0 Å². The maximum atomic E-state index is 13.1. The Morgan fingerprint density at radius 3 is 2.74 bits per heavy atom. The quantitative estimate of drug-likeness (QED) is 0.486. The second-order valence-electron chi connectivity index (χ2n) is 7.46. The van der Waals surface area contributed by atoms with Crippen LogP contribution in [0.3, 0.4) is 0 Å². The van der Waals surface area contributed by atoms with Crippen LogP contribution in [0.2, 0.25) is 0 Å². The van der Waals surface area contributed by atoms with Crippen LogP contribution in [-0.2, 0) is 11.3 Å². The van der Waals surface area contributed by atoms with Crippen molar-refractivity contribution in [2.24, 2.45) is 0 Å². The zero-order chi connectivity index (χ0) is 22.0. The Labute approximate surface area is 182 Å². The molecular formula is C23H22N4O3S. The van der Waals surface area contributed by atoms with Crippen LogP contribution in [0.4, 0.5) is 0 Å². The fourth-order valence-corrected chi connectivity index (χ4v) is 4.33. The number of carbonyl (C=O) groups excluding carboxylic acids is 1. The standard InChI is InChI=1S/C23H22N4O3S/c1-14-3-5-16(6-4-14)18-12-31-22-21(18)23(30)27(13-25-22)10-8-19(28)26-15(2)17-7-9-24-20(29)11-17/h3-7,9,11-13,15H,8,10H2,1-2H3,(H,24,29)(H,26,28). The number of hydrogen-bond acceptors (Lipinski definition) is 5. The van der Waals surface area contributed by atoms with Gasteiger partial charge < -0.3 is 10.3 Å². The average Bonchev–Trinajstić information content (AvgIpc) is 3.19. The summed E-state index contributed by atoms with van der Waals surface area (Å²) < 4.78 is 1.48. The molecule has 158 valence electrons. The maximum Gasteiger partial charge on any atom is 0.262 e. The van der Waals surface area contributed by atoms with E-state index in [1.54, 1.807) is 12.3 Å². The summed E-state index contributed by atoms with van der Waals surface area (Å²) in [5, 5.41) is 5.39. The summed E-state index contributed by atoms with van der Waals surface area (Å²) in [6, 6.07) is 10.9. The van der Waals surface area contributed by atoms with Gasteiger partial charge in [0.15, 0.2) is 0 Å². The molecule has 0 saturated heterocycles. The number of thiophene rings is 1.